The highest BCUT2D eigenvalue weighted by atomic mass is 32.1. The highest BCUT2D eigenvalue weighted by Crippen LogP contribution is 2.36. The lowest BCUT2D eigenvalue weighted by atomic mass is 10.0. The number of rotatable bonds is 3. The van der Waals surface area contributed by atoms with Gasteiger partial charge in [-0.25, -0.2) is 0 Å². The Labute approximate surface area is 159 Å². The van der Waals surface area contributed by atoms with Crippen LogP contribution in [0.1, 0.15) is 37.5 Å². The lowest BCUT2D eigenvalue weighted by molar-refractivity contribution is -0.120. The van der Waals surface area contributed by atoms with Crippen LogP contribution in [0.15, 0.2) is 42.5 Å². The first-order valence-corrected chi connectivity index (χ1v) is 9.00. The number of thiocarbonyl (C=S) groups is 1. The van der Waals surface area contributed by atoms with E-state index in [1.54, 1.807) is 17.0 Å². The molecule has 3 rings (SSSR count). The summed E-state index contributed by atoms with van der Waals surface area (Å²) in [7, 11) is 0. The molecular weight excluding hydrogens is 342 g/mol. The van der Waals surface area contributed by atoms with Crippen LogP contribution in [-0.2, 0) is 11.2 Å². The summed E-state index contributed by atoms with van der Waals surface area (Å²) in [6.07, 6.45) is 0.719. The fourth-order valence-electron chi connectivity index (χ4n) is 3.27. The van der Waals surface area contributed by atoms with Gasteiger partial charge in [0.2, 0.25) is 0 Å². The van der Waals surface area contributed by atoms with E-state index in [1.807, 2.05) is 62.9 Å². The van der Waals surface area contributed by atoms with Gasteiger partial charge in [-0.15, -0.1) is 0 Å². The van der Waals surface area contributed by atoms with Crippen molar-refractivity contribution in [2.45, 2.75) is 39.7 Å². The van der Waals surface area contributed by atoms with Gasteiger partial charge in [-0.1, -0.05) is 24.6 Å². The van der Waals surface area contributed by atoms with E-state index < -0.39 is 5.54 Å². The number of amides is 1. The van der Waals surface area contributed by atoms with Crippen LogP contribution < -0.4 is 9.80 Å². The van der Waals surface area contributed by atoms with Crippen LogP contribution in [0.2, 0.25) is 0 Å². The van der Waals surface area contributed by atoms with E-state index in [-0.39, 0.29) is 5.91 Å². The number of benzene rings is 2. The Bertz CT molecular complexity index is 925. The lowest BCUT2D eigenvalue weighted by Gasteiger charge is -2.29. The Morgan fingerprint density at radius 2 is 1.73 bits per heavy atom. The molecule has 132 valence electrons. The average Bonchev–Trinajstić information content (AvgIpc) is 2.80. The maximum Gasteiger partial charge on any atom is 0.259 e. The zero-order valence-corrected chi connectivity index (χ0v) is 16.2. The number of anilines is 2. The van der Waals surface area contributed by atoms with Gasteiger partial charge in [0, 0.05) is 5.69 Å². The van der Waals surface area contributed by atoms with Crippen LogP contribution in [0.5, 0.6) is 0 Å². The molecule has 1 aliphatic rings. The van der Waals surface area contributed by atoms with Crippen LogP contribution in [0.25, 0.3) is 0 Å². The number of carbonyl (C=O) groups excluding carboxylic acids is 1. The third-order valence-electron chi connectivity index (χ3n) is 4.81. The fourth-order valence-corrected chi connectivity index (χ4v) is 3.79. The molecule has 1 amide bonds. The van der Waals surface area contributed by atoms with Gasteiger partial charge < -0.3 is 4.90 Å². The first kappa shape index (κ1) is 18.1. The van der Waals surface area contributed by atoms with Crippen molar-refractivity contribution in [1.82, 2.24) is 0 Å². The fraction of sp³-hybridized carbons (Fsp3) is 0.286. The molecule has 0 radical (unpaired) electrons. The van der Waals surface area contributed by atoms with E-state index in [2.05, 4.69) is 6.07 Å². The summed E-state index contributed by atoms with van der Waals surface area (Å²) in [6.45, 7) is 7.78. The van der Waals surface area contributed by atoms with Gasteiger partial charge in [-0.2, -0.15) is 5.26 Å². The molecule has 5 heteroatoms. The molecule has 1 heterocycles. The van der Waals surface area contributed by atoms with Gasteiger partial charge in [-0.05, 0) is 75.3 Å². The van der Waals surface area contributed by atoms with E-state index in [0.29, 0.717) is 16.4 Å². The topological polar surface area (TPSA) is 47.3 Å². The Hall–Kier alpha value is -2.71. The van der Waals surface area contributed by atoms with Crippen molar-refractivity contribution in [1.29, 1.82) is 5.26 Å². The number of carbonyl (C=O) groups is 1. The van der Waals surface area contributed by atoms with Crippen LogP contribution in [-0.4, -0.2) is 16.6 Å². The van der Waals surface area contributed by atoms with E-state index in [0.717, 1.165) is 23.2 Å². The second kappa shape index (κ2) is 6.54. The second-order valence-electron chi connectivity index (χ2n) is 6.96. The van der Waals surface area contributed by atoms with Crippen molar-refractivity contribution < 1.29 is 4.79 Å². The van der Waals surface area contributed by atoms with Crippen molar-refractivity contribution in [3.63, 3.8) is 0 Å². The van der Waals surface area contributed by atoms with Crippen LogP contribution in [0, 0.1) is 18.3 Å². The van der Waals surface area contributed by atoms with Crippen LogP contribution in [0.3, 0.4) is 0 Å². The molecule has 26 heavy (non-hydrogen) atoms. The summed E-state index contributed by atoms with van der Waals surface area (Å²) >= 11 is 5.69. The van der Waals surface area contributed by atoms with Gasteiger partial charge in [-0.3, -0.25) is 9.69 Å². The average molecular weight is 363 g/mol. The van der Waals surface area contributed by atoms with Gasteiger partial charge in [0.1, 0.15) is 5.54 Å². The first-order valence-electron chi connectivity index (χ1n) is 8.59. The van der Waals surface area contributed by atoms with Gasteiger partial charge in [0.25, 0.3) is 5.91 Å². The van der Waals surface area contributed by atoms with E-state index in [9.17, 15) is 10.1 Å². The number of aryl methyl sites for hydroxylation is 2. The van der Waals surface area contributed by atoms with Gasteiger partial charge >= 0.3 is 0 Å². The molecule has 4 nitrogen and oxygen atoms in total. The van der Waals surface area contributed by atoms with Crippen molar-refractivity contribution in [2.75, 3.05) is 9.80 Å². The van der Waals surface area contributed by atoms with E-state index in [1.165, 1.54) is 0 Å². The molecule has 0 saturated carbocycles. The van der Waals surface area contributed by atoms with Gasteiger partial charge in [0.05, 0.1) is 17.3 Å². The predicted molar refractivity (Wildman–Crippen MR) is 108 cm³/mol. The summed E-state index contributed by atoms with van der Waals surface area (Å²) in [4.78, 5) is 16.7. The minimum absolute atomic E-state index is 0.0742. The third-order valence-corrected chi connectivity index (χ3v) is 5.17. The van der Waals surface area contributed by atoms with E-state index in [4.69, 9.17) is 12.2 Å². The van der Waals surface area contributed by atoms with Crippen molar-refractivity contribution in [2.24, 2.45) is 0 Å². The molecule has 0 aliphatic carbocycles. The smallest absolute Gasteiger partial charge is 0.259 e. The Morgan fingerprint density at radius 3 is 2.31 bits per heavy atom. The summed E-state index contributed by atoms with van der Waals surface area (Å²) in [5.41, 5.74) is 3.51. The SMILES string of the molecule is CCc1cc(N2C(=O)C(C)(C)N(c3ccc(C)cc3)C2=S)ccc1C#N. The normalized spacial score (nSPS) is 16.1. The zero-order valence-electron chi connectivity index (χ0n) is 15.4. The van der Waals surface area contributed by atoms with Gasteiger partial charge in [0.15, 0.2) is 5.11 Å². The molecule has 0 spiro atoms. The van der Waals surface area contributed by atoms with Crippen molar-refractivity contribution >= 4 is 34.6 Å². The largest absolute Gasteiger partial charge is 0.304 e. The lowest BCUT2D eigenvalue weighted by Crippen LogP contribution is -2.44. The molecule has 0 atom stereocenters. The first-order chi connectivity index (χ1) is 12.3. The maximum absolute atomic E-state index is 13.2. The van der Waals surface area contributed by atoms with E-state index >= 15 is 0 Å². The molecular formula is C21H21N3OS. The predicted octanol–water partition coefficient (Wildman–Crippen LogP) is 4.35. The molecule has 2 aromatic carbocycles. The molecule has 0 aromatic heterocycles. The van der Waals surface area contributed by atoms with Crippen molar-refractivity contribution in [3.8, 4) is 6.07 Å². The Kier molecular flexibility index (Phi) is 4.55. The summed E-state index contributed by atoms with van der Waals surface area (Å²) in [5, 5.41) is 9.70. The quantitative estimate of drug-likeness (QED) is 0.761. The van der Waals surface area contributed by atoms with Crippen molar-refractivity contribution in [3.05, 3.63) is 59.2 Å². The highest BCUT2D eigenvalue weighted by Gasteiger charge is 2.50. The monoisotopic (exact) mass is 363 g/mol. The number of nitriles is 1. The Balaban J connectivity index is 2.08. The molecule has 0 bridgehead atoms. The minimum atomic E-state index is -0.785. The molecule has 1 fully saturated rings. The van der Waals surface area contributed by atoms with Crippen LogP contribution in [0.4, 0.5) is 11.4 Å². The summed E-state index contributed by atoms with van der Waals surface area (Å²) in [5.74, 6) is -0.0742. The number of nitrogens with zero attached hydrogens (tertiary/aromatic N) is 3. The minimum Gasteiger partial charge on any atom is -0.304 e. The molecule has 0 N–H and O–H groups in total. The molecule has 2 aromatic rings. The number of hydrogen-bond acceptors (Lipinski definition) is 3. The standard InChI is InChI=1S/C21H21N3OS/c1-5-15-12-18(11-8-16(15)13-22)23-19(25)21(3,4)24(20(23)26)17-9-6-14(2)7-10-17/h6-12H,5H2,1-4H3. The third kappa shape index (κ3) is 2.77. The van der Waals surface area contributed by atoms with Crippen LogP contribution >= 0.6 is 12.2 Å². The summed E-state index contributed by atoms with van der Waals surface area (Å²) in [6, 6.07) is 15.6. The Morgan fingerprint density at radius 1 is 1.12 bits per heavy atom. The maximum atomic E-state index is 13.2. The molecule has 1 aliphatic heterocycles. The second-order valence-corrected chi connectivity index (χ2v) is 7.33. The summed E-state index contributed by atoms with van der Waals surface area (Å²) < 4.78 is 0. The molecule has 1 saturated heterocycles. The highest BCUT2D eigenvalue weighted by molar-refractivity contribution is 7.81. The zero-order chi connectivity index (χ0) is 19.1. The molecule has 0 unspecified atom stereocenters. The number of hydrogen-bond donors (Lipinski definition) is 0.